The first-order valence-electron chi connectivity index (χ1n) is 14.5. The van der Waals surface area contributed by atoms with Crippen molar-refractivity contribution in [2.75, 3.05) is 39.5 Å². The molecule has 0 radical (unpaired) electrons. The average Bonchev–Trinajstić information content (AvgIpc) is 3.34. The fourth-order valence-corrected chi connectivity index (χ4v) is 5.12. The van der Waals surface area contributed by atoms with Crippen molar-refractivity contribution >= 4 is 17.7 Å². The van der Waals surface area contributed by atoms with Gasteiger partial charge in [-0.3, -0.25) is 14.4 Å². The minimum Gasteiger partial charge on any atom is -0.394 e. The smallest absolute Gasteiger partial charge is 0.222 e. The predicted molar refractivity (Wildman–Crippen MR) is 144 cm³/mol. The van der Waals surface area contributed by atoms with E-state index in [1.807, 2.05) is 6.92 Å². The first kappa shape index (κ1) is 34.3. The number of aliphatic hydroxyl groups is 4. The van der Waals surface area contributed by atoms with Gasteiger partial charge in [-0.15, -0.1) is 0 Å². The van der Waals surface area contributed by atoms with E-state index in [4.69, 9.17) is 14.2 Å². The number of hydrogen-bond acceptors (Lipinski definition) is 10. The van der Waals surface area contributed by atoms with Crippen molar-refractivity contribution in [3.05, 3.63) is 0 Å². The summed E-state index contributed by atoms with van der Waals surface area (Å²) in [5.74, 6) is -0.410. The Bertz CT molecular complexity index is 773. The maximum absolute atomic E-state index is 12.5. The molecule has 0 bridgehead atoms. The van der Waals surface area contributed by atoms with Crippen LogP contribution >= 0.6 is 0 Å². The van der Waals surface area contributed by atoms with E-state index in [-0.39, 0.29) is 37.2 Å². The molecule has 0 aromatic rings. The molecule has 2 aliphatic rings. The normalized spacial score (nSPS) is 28.4. The topological polar surface area (TPSA) is 187 Å². The molecular formula is C27H49N3O10. The summed E-state index contributed by atoms with van der Waals surface area (Å²) in [5.41, 5.74) is 0. The van der Waals surface area contributed by atoms with Gasteiger partial charge in [0.2, 0.25) is 17.7 Å². The molecule has 13 heteroatoms. The average molecular weight is 576 g/mol. The van der Waals surface area contributed by atoms with Gasteiger partial charge in [-0.05, 0) is 39.0 Å². The molecule has 2 saturated heterocycles. The summed E-state index contributed by atoms with van der Waals surface area (Å²) in [4.78, 5) is 37.8. The number of nitrogens with zero attached hydrogens (tertiary/aromatic N) is 1. The van der Waals surface area contributed by atoms with E-state index in [9.17, 15) is 34.8 Å². The number of likely N-dealkylation sites (tertiary alicyclic amines) is 1. The van der Waals surface area contributed by atoms with Gasteiger partial charge in [-0.1, -0.05) is 12.8 Å². The second-order valence-corrected chi connectivity index (χ2v) is 10.5. The summed E-state index contributed by atoms with van der Waals surface area (Å²) in [7, 11) is 0. The standard InChI is InChI=1S/C27H49N3O10/c1-3-38-20-14-19(16-31)30(15-20)23(35)11-7-4-8-12-28-22(34)10-6-5-9-13-39-27-24(29-18(2)33)26(37)25(36)21(17-32)40-27/h19-21,24-27,31-32,36-37H,3-17H2,1-2H3,(H,28,34)(H,29,33)/t19-,20+,21?,24?,25?,26?,27?/m0/s1. The second kappa shape index (κ2) is 18.5. The van der Waals surface area contributed by atoms with Crippen molar-refractivity contribution in [1.82, 2.24) is 15.5 Å². The Kier molecular flexibility index (Phi) is 15.9. The number of unbranched alkanes of at least 4 members (excludes halogenated alkanes) is 4. The largest absolute Gasteiger partial charge is 0.394 e. The molecule has 13 nitrogen and oxygen atoms in total. The molecule has 232 valence electrons. The highest BCUT2D eigenvalue weighted by Crippen LogP contribution is 2.23. The number of nitrogens with one attached hydrogen (secondary N) is 2. The second-order valence-electron chi connectivity index (χ2n) is 10.5. The number of ether oxygens (including phenoxy) is 3. The van der Waals surface area contributed by atoms with Gasteiger partial charge < -0.3 is 50.2 Å². The molecule has 0 spiro atoms. The van der Waals surface area contributed by atoms with Gasteiger partial charge in [-0.2, -0.15) is 0 Å². The third-order valence-electron chi connectivity index (χ3n) is 7.28. The molecule has 0 aliphatic carbocycles. The van der Waals surface area contributed by atoms with Gasteiger partial charge in [0.25, 0.3) is 0 Å². The van der Waals surface area contributed by atoms with Crippen molar-refractivity contribution in [3.8, 4) is 0 Å². The lowest BCUT2D eigenvalue weighted by Crippen LogP contribution is -2.64. The fraction of sp³-hybridized carbons (Fsp3) is 0.889. The summed E-state index contributed by atoms with van der Waals surface area (Å²) in [5, 5.41) is 44.6. The van der Waals surface area contributed by atoms with Crippen LogP contribution < -0.4 is 10.6 Å². The summed E-state index contributed by atoms with van der Waals surface area (Å²) in [6, 6.07) is -1.14. The van der Waals surface area contributed by atoms with E-state index in [2.05, 4.69) is 10.6 Å². The van der Waals surface area contributed by atoms with Crippen LogP contribution in [-0.4, -0.2) is 125 Å². The van der Waals surface area contributed by atoms with Crippen LogP contribution in [0.4, 0.5) is 0 Å². The van der Waals surface area contributed by atoms with Crippen LogP contribution in [0.3, 0.4) is 0 Å². The first-order chi connectivity index (χ1) is 19.2. The van der Waals surface area contributed by atoms with Gasteiger partial charge in [-0.25, -0.2) is 0 Å². The van der Waals surface area contributed by atoms with Crippen molar-refractivity contribution in [2.24, 2.45) is 0 Å². The molecule has 2 aliphatic heterocycles. The molecule has 7 atom stereocenters. The molecule has 0 aromatic heterocycles. The van der Waals surface area contributed by atoms with E-state index in [1.165, 1.54) is 6.92 Å². The molecule has 40 heavy (non-hydrogen) atoms. The lowest BCUT2D eigenvalue weighted by molar-refractivity contribution is -0.270. The van der Waals surface area contributed by atoms with E-state index in [0.29, 0.717) is 51.8 Å². The zero-order valence-electron chi connectivity index (χ0n) is 23.8. The molecule has 2 fully saturated rings. The molecular weight excluding hydrogens is 526 g/mol. The molecule has 5 unspecified atom stereocenters. The number of amides is 3. The Morgan fingerprint density at radius 2 is 1.68 bits per heavy atom. The van der Waals surface area contributed by atoms with Crippen LogP contribution in [-0.2, 0) is 28.6 Å². The first-order valence-corrected chi connectivity index (χ1v) is 14.5. The van der Waals surface area contributed by atoms with E-state index in [1.54, 1.807) is 4.90 Å². The highest BCUT2D eigenvalue weighted by atomic mass is 16.7. The highest BCUT2D eigenvalue weighted by Gasteiger charge is 2.45. The quantitative estimate of drug-likeness (QED) is 0.113. The summed E-state index contributed by atoms with van der Waals surface area (Å²) < 4.78 is 16.8. The van der Waals surface area contributed by atoms with Gasteiger partial charge >= 0.3 is 0 Å². The highest BCUT2D eigenvalue weighted by molar-refractivity contribution is 5.77. The third-order valence-corrected chi connectivity index (χ3v) is 7.28. The molecule has 0 saturated carbocycles. The fourth-order valence-electron chi connectivity index (χ4n) is 5.12. The van der Waals surface area contributed by atoms with Crippen LogP contribution in [0.2, 0.25) is 0 Å². The Balaban J connectivity index is 1.52. The number of rotatable bonds is 18. The third kappa shape index (κ3) is 11.2. The van der Waals surface area contributed by atoms with Crippen LogP contribution in [0.1, 0.15) is 71.6 Å². The summed E-state index contributed by atoms with van der Waals surface area (Å²) in [6.07, 6.45) is 1.05. The maximum Gasteiger partial charge on any atom is 0.222 e. The SMILES string of the molecule is CCO[C@@H]1C[C@@H](CO)N(C(=O)CCCCCNC(=O)CCCCCOC2OC(CO)C(O)C(O)C2NC(C)=O)C1. The minimum absolute atomic E-state index is 0.00853. The lowest BCUT2D eigenvalue weighted by Gasteiger charge is -2.42. The van der Waals surface area contributed by atoms with Crippen LogP contribution in [0.15, 0.2) is 0 Å². The number of aliphatic hydroxyl groups excluding tert-OH is 4. The monoisotopic (exact) mass is 575 g/mol. The van der Waals surface area contributed by atoms with E-state index >= 15 is 0 Å². The van der Waals surface area contributed by atoms with Crippen molar-refractivity contribution in [1.29, 1.82) is 0 Å². The number of carbonyl (C=O) groups excluding carboxylic acids is 3. The minimum atomic E-state index is -1.36. The number of hydrogen-bond donors (Lipinski definition) is 6. The summed E-state index contributed by atoms with van der Waals surface area (Å²) >= 11 is 0. The molecule has 2 rings (SSSR count). The van der Waals surface area contributed by atoms with Crippen LogP contribution in [0, 0.1) is 0 Å². The predicted octanol–water partition coefficient (Wildman–Crippen LogP) is -0.818. The molecule has 6 N–H and O–H groups in total. The van der Waals surface area contributed by atoms with Gasteiger partial charge in [0.1, 0.15) is 24.4 Å². The van der Waals surface area contributed by atoms with E-state index in [0.717, 1.165) is 25.7 Å². The Morgan fingerprint density at radius 3 is 2.35 bits per heavy atom. The van der Waals surface area contributed by atoms with Gasteiger partial charge in [0.15, 0.2) is 6.29 Å². The summed E-state index contributed by atoms with van der Waals surface area (Å²) in [6.45, 7) is 4.57. The van der Waals surface area contributed by atoms with Gasteiger partial charge in [0.05, 0.1) is 25.4 Å². The molecule has 3 amide bonds. The Hall–Kier alpha value is -1.87. The van der Waals surface area contributed by atoms with Crippen molar-refractivity contribution in [2.45, 2.75) is 114 Å². The van der Waals surface area contributed by atoms with Crippen LogP contribution in [0.25, 0.3) is 0 Å². The zero-order chi connectivity index (χ0) is 29.5. The maximum atomic E-state index is 12.5. The lowest BCUT2D eigenvalue weighted by atomic mass is 9.97. The van der Waals surface area contributed by atoms with E-state index < -0.39 is 43.2 Å². The number of carbonyl (C=O) groups is 3. The Labute approximate surface area is 236 Å². The molecule has 0 aromatic carbocycles. The van der Waals surface area contributed by atoms with Crippen molar-refractivity contribution < 1.29 is 49.0 Å². The zero-order valence-corrected chi connectivity index (χ0v) is 23.8. The van der Waals surface area contributed by atoms with Crippen LogP contribution in [0.5, 0.6) is 0 Å². The van der Waals surface area contributed by atoms with Gasteiger partial charge in [0, 0.05) is 46.1 Å². The Morgan fingerprint density at radius 1 is 0.950 bits per heavy atom. The molecule has 2 heterocycles. The van der Waals surface area contributed by atoms with Crippen molar-refractivity contribution in [3.63, 3.8) is 0 Å².